The lowest BCUT2D eigenvalue weighted by Gasteiger charge is -2.35. The first-order chi connectivity index (χ1) is 19.0. The summed E-state index contributed by atoms with van der Waals surface area (Å²) in [6, 6.07) is 4.65. The number of pyridine rings is 1. The Balaban J connectivity index is 1.49. The molecule has 0 spiro atoms. The van der Waals surface area contributed by atoms with Gasteiger partial charge in [-0.25, -0.2) is 4.39 Å². The number of methoxy groups -OCH3 is 1. The number of benzene rings is 2. The van der Waals surface area contributed by atoms with Crippen LogP contribution in [-0.2, 0) is 6.54 Å². The van der Waals surface area contributed by atoms with Gasteiger partial charge in [0.15, 0.2) is 11.6 Å². The molecule has 1 aliphatic carbocycles. The maximum absolute atomic E-state index is 15.6. The number of ether oxygens (including phenoxy) is 2. The van der Waals surface area contributed by atoms with E-state index in [1.54, 1.807) is 4.57 Å². The van der Waals surface area contributed by atoms with E-state index < -0.39 is 29.3 Å². The van der Waals surface area contributed by atoms with Crippen molar-refractivity contribution in [1.82, 2.24) is 15.2 Å². The van der Waals surface area contributed by atoms with E-state index >= 15 is 4.39 Å². The zero-order valence-corrected chi connectivity index (χ0v) is 22.5. The molecule has 1 saturated heterocycles. The monoisotopic (exact) mass is 582 g/mol. The summed E-state index contributed by atoms with van der Waals surface area (Å²) in [5, 5.41) is 5.87. The van der Waals surface area contributed by atoms with Crippen molar-refractivity contribution in [2.75, 3.05) is 31.6 Å². The van der Waals surface area contributed by atoms with Crippen LogP contribution in [0.4, 0.5) is 23.2 Å². The lowest BCUT2D eigenvalue weighted by molar-refractivity contribution is -0.274. The average molecular weight is 583 g/mol. The molecule has 1 amide bonds. The molecule has 5 rings (SSSR count). The zero-order chi connectivity index (χ0) is 28.8. The van der Waals surface area contributed by atoms with E-state index in [4.69, 9.17) is 16.3 Å². The van der Waals surface area contributed by atoms with Crippen LogP contribution in [0, 0.1) is 5.82 Å². The van der Waals surface area contributed by atoms with Gasteiger partial charge in [-0.05, 0) is 43.5 Å². The van der Waals surface area contributed by atoms with Gasteiger partial charge in [-0.3, -0.25) is 9.59 Å². The van der Waals surface area contributed by atoms with Gasteiger partial charge in [-0.2, -0.15) is 0 Å². The number of hydrogen-bond acceptors (Lipinski definition) is 6. The molecule has 2 fully saturated rings. The van der Waals surface area contributed by atoms with Gasteiger partial charge in [0.25, 0.3) is 5.91 Å². The molecule has 1 aliphatic heterocycles. The van der Waals surface area contributed by atoms with Crippen molar-refractivity contribution < 1.29 is 31.8 Å². The molecule has 2 N–H and O–H groups in total. The number of alkyl halides is 3. The maximum Gasteiger partial charge on any atom is 0.573 e. The minimum absolute atomic E-state index is 0.0134. The second-order valence-electron chi connectivity index (χ2n) is 9.93. The van der Waals surface area contributed by atoms with E-state index in [1.807, 2.05) is 11.8 Å². The number of halogens is 5. The Morgan fingerprint density at radius 3 is 2.62 bits per heavy atom. The van der Waals surface area contributed by atoms with Crippen molar-refractivity contribution in [3.8, 4) is 11.5 Å². The summed E-state index contributed by atoms with van der Waals surface area (Å²) in [5.41, 5.74) is 0.161. The molecule has 1 saturated carbocycles. The van der Waals surface area contributed by atoms with E-state index in [-0.39, 0.29) is 46.0 Å². The lowest BCUT2D eigenvalue weighted by Crippen LogP contribution is -2.49. The van der Waals surface area contributed by atoms with E-state index in [0.717, 1.165) is 31.0 Å². The molecule has 2 heterocycles. The summed E-state index contributed by atoms with van der Waals surface area (Å²) in [5.74, 6) is -1.61. The Bertz CT molecular complexity index is 1520. The van der Waals surface area contributed by atoms with E-state index in [2.05, 4.69) is 15.4 Å². The number of hydrogen-bond donors (Lipinski definition) is 2. The normalized spacial score (nSPS) is 17.7. The van der Waals surface area contributed by atoms with Crippen LogP contribution in [-0.4, -0.2) is 49.6 Å². The van der Waals surface area contributed by atoms with Crippen molar-refractivity contribution in [2.45, 2.75) is 44.8 Å². The Morgan fingerprint density at radius 1 is 1.25 bits per heavy atom. The predicted octanol–water partition coefficient (Wildman–Crippen LogP) is 4.76. The van der Waals surface area contributed by atoms with Gasteiger partial charge in [-0.1, -0.05) is 17.7 Å². The third-order valence-electron chi connectivity index (χ3n) is 6.97. The molecule has 0 bridgehead atoms. The number of nitrogens with one attached hydrogen (secondary N) is 2. The summed E-state index contributed by atoms with van der Waals surface area (Å²) in [7, 11) is 1.43. The van der Waals surface area contributed by atoms with Gasteiger partial charge in [0, 0.05) is 49.5 Å². The van der Waals surface area contributed by atoms with Crippen LogP contribution in [0.1, 0.15) is 41.7 Å². The number of amides is 1. The first-order valence-electron chi connectivity index (χ1n) is 12.7. The fourth-order valence-corrected chi connectivity index (χ4v) is 5.25. The van der Waals surface area contributed by atoms with Crippen molar-refractivity contribution in [1.29, 1.82) is 0 Å². The highest BCUT2D eigenvalue weighted by Crippen LogP contribution is 2.43. The number of rotatable bonds is 7. The Labute approximate surface area is 231 Å². The second kappa shape index (κ2) is 10.8. The Hall–Kier alpha value is -3.51. The minimum Gasteiger partial charge on any atom is -0.492 e. The molecule has 40 heavy (non-hydrogen) atoms. The second-order valence-corrected chi connectivity index (χ2v) is 10.3. The van der Waals surface area contributed by atoms with Gasteiger partial charge in [0.2, 0.25) is 5.43 Å². The van der Waals surface area contributed by atoms with Crippen LogP contribution in [0.25, 0.3) is 10.9 Å². The van der Waals surface area contributed by atoms with Crippen LogP contribution < -0.4 is 30.4 Å². The maximum atomic E-state index is 15.6. The molecule has 214 valence electrons. The van der Waals surface area contributed by atoms with Crippen LogP contribution in [0.3, 0.4) is 0 Å². The van der Waals surface area contributed by atoms with E-state index in [0.29, 0.717) is 30.7 Å². The van der Waals surface area contributed by atoms with Crippen molar-refractivity contribution in [2.24, 2.45) is 0 Å². The first kappa shape index (κ1) is 28.0. The molecule has 1 unspecified atom stereocenters. The van der Waals surface area contributed by atoms with Crippen LogP contribution in [0.5, 0.6) is 11.5 Å². The summed E-state index contributed by atoms with van der Waals surface area (Å²) in [6.45, 7) is 3.61. The molecular weight excluding hydrogens is 556 g/mol. The van der Waals surface area contributed by atoms with Crippen molar-refractivity contribution >= 4 is 34.1 Å². The average Bonchev–Trinajstić information content (AvgIpc) is 3.72. The molecule has 1 atom stereocenters. The van der Waals surface area contributed by atoms with Crippen LogP contribution >= 0.6 is 11.6 Å². The quantitative estimate of drug-likeness (QED) is 0.391. The van der Waals surface area contributed by atoms with Gasteiger partial charge in [-0.15, -0.1) is 13.2 Å². The summed E-state index contributed by atoms with van der Waals surface area (Å²) in [4.78, 5) is 28.6. The van der Waals surface area contributed by atoms with E-state index in [9.17, 15) is 22.8 Å². The number of nitrogens with zero attached hydrogens (tertiary/aromatic N) is 2. The molecule has 3 aromatic rings. The van der Waals surface area contributed by atoms with Gasteiger partial charge in [0.05, 0.1) is 18.0 Å². The molecule has 8 nitrogen and oxygen atoms in total. The number of carbonyl (C=O) groups excluding carboxylic acids is 1. The SMILES string of the molecule is COc1c(N2CCNC(C)C2)c(F)cc2c(=O)c(C(=O)NCc3ccc(OC(F)(F)F)cc3Cl)cn(C3CC3)c12. The standard InChI is InChI=1S/C27H27ClF4N4O4/c1-14-12-35(8-7-33-14)23-21(29)10-18-22(25(23)39-2)36(16-4-5-16)13-19(24(18)37)26(38)34-11-15-3-6-17(9-20(15)28)40-27(30,31)32/h3,6,9-10,13-14,16,33H,4-5,7-8,11-12H2,1-2H3,(H,34,38). The molecule has 13 heteroatoms. The highest BCUT2D eigenvalue weighted by molar-refractivity contribution is 6.31. The minimum atomic E-state index is -4.87. The summed E-state index contributed by atoms with van der Waals surface area (Å²) in [6.07, 6.45) is -1.77. The fourth-order valence-electron chi connectivity index (χ4n) is 5.01. The predicted molar refractivity (Wildman–Crippen MR) is 142 cm³/mol. The van der Waals surface area contributed by atoms with Crippen molar-refractivity contribution in [3.05, 3.63) is 62.7 Å². The summed E-state index contributed by atoms with van der Waals surface area (Å²) < 4.78 is 64.4. The van der Waals surface area contributed by atoms with Gasteiger partial charge in [0.1, 0.15) is 17.0 Å². The topological polar surface area (TPSA) is 84.8 Å². The molecule has 2 aromatic carbocycles. The van der Waals surface area contributed by atoms with Crippen LogP contribution in [0.15, 0.2) is 35.3 Å². The number of fused-ring (bicyclic) bond motifs is 1. The highest BCUT2D eigenvalue weighted by Gasteiger charge is 2.33. The third-order valence-corrected chi connectivity index (χ3v) is 7.32. The third kappa shape index (κ3) is 5.68. The van der Waals surface area contributed by atoms with Crippen LogP contribution in [0.2, 0.25) is 5.02 Å². The van der Waals surface area contributed by atoms with Crippen molar-refractivity contribution in [3.63, 3.8) is 0 Å². The fraction of sp³-hybridized carbons (Fsp3) is 0.407. The molecule has 0 radical (unpaired) electrons. The number of piperazine rings is 1. The number of aromatic nitrogens is 1. The lowest BCUT2D eigenvalue weighted by atomic mass is 10.1. The Morgan fingerprint density at radius 2 is 2.00 bits per heavy atom. The van der Waals surface area contributed by atoms with E-state index in [1.165, 1.54) is 19.4 Å². The largest absolute Gasteiger partial charge is 0.573 e. The Kier molecular flexibility index (Phi) is 7.58. The van der Waals surface area contributed by atoms with Gasteiger partial charge >= 0.3 is 6.36 Å². The number of carbonyl (C=O) groups is 1. The van der Waals surface area contributed by atoms with Gasteiger partial charge < -0.3 is 29.6 Å². The first-order valence-corrected chi connectivity index (χ1v) is 13.1. The number of anilines is 1. The molecular formula is C27H27ClF4N4O4. The highest BCUT2D eigenvalue weighted by atomic mass is 35.5. The molecule has 1 aromatic heterocycles. The smallest absolute Gasteiger partial charge is 0.492 e. The summed E-state index contributed by atoms with van der Waals surface area (Å²) >= 11 is 6.08. The zero-order valence-electron chi connectivity index (χ0n) is 21.7. The molecule has 2 aliphatic rings.